The number of aryl methyl sites for hydroxylation is 2. The second kappa shape index (κ2) is 5.02. The van der Waals surface area contributed by atoms with Gasteiger partial charge in [-0.1, -0.05) is 24.9 Å². The van der Waals surface area contributed by atoms with Crippen molar-refractivity contribution in [1.29, 1.82) is 0 Å². The van der Waals surface area contributed by atoms with Gasteiger partial charge in [0, 0.05) is 23.2 Å². The Morgan fingerprint density at radius 2 is 2.17 bits per heavy atom. The minimum atomic E-state index is -0.892. The summed E-state index contributed by atoms with van der Waals surface area (Å²) in [6, 6.07) is 3.71. The van der Waals surface area contributed by atoms with Gasteiger partial charge in [-0.25, -0.2) is 4.79 Å². The number of benzene rings is 1. The molecule has 3 nitrogen and oxygen atoms in total. The fourth-order valence-electron chi connectivity index (χ4n) is 2.10. The molecule has 96 valence electrons. The molecule has 4 heteroatoms. The Kier molecular flexibility index (Phi) is 3.62. The van der Waals surface area contributed by atoms with Gasteiger partial charge in [-0.05, 0) is 31.0 Å². The molecule has 0 bridgehead atoms. The molecule has 1 aromatic heterocycles. The van der Waals surface area contributed by atoms with Crippen molar-refractivity contribution in [2.45, 2.75) is 33.2 Å². The van der Waals surface area contributed by atoms with Gasteiger partial charge in [-0.3, -0.25) is 0 Å². The molecule has 1 aromatic carbocycles. The third kappa shape index (κ3) is 2.23. The highest BCUT2D eigenvalue weighted by molar-refractivity contribution is 6.32. The molecule has 0 unspecified atom stereocenters. The summed E-state index contributed by atoms with van der Waals surface area (Å²) in [7, 11) is 0. The minimum Gasteiger partial charge on any atom is -0.478 e. The summed E-state index contributed by atoms with van der Waals surface area (Å²) in [6.45, 7) is 4.82. The number of nitrogens with zero attached hydrogens (tertiary/aromatic N) is 1. The molecule has 2 rings (SSSR count). The average molecular weight is 266 g/mol. The second-order valence-electron chi connectivity index (χ2n) is 4.51. The topological polar surface area (TPSA) is 42.2 Å². The quantitative estimate of drug-likeness (QED) is 0.904. The molecular weight excluding hydrogens is 250 g/mol. The zero-order valence-corrected chi connectivity index (χ0v) is 11.3. The molecule has 0 aliphatic carbocycles. The first kappa shape index (κ1) is 13.0. The van der Waals surface area contributed by atoms with Crippen LogP contribution in [0.4, 0.5) is 0 Å². The van der Waals surface area contributed by atoms with Crippen molar-refractivity contribution in [3.63, 3.8) is 0 Å². The Hall–Kier alpha value is -1.48. The van der Waals surface area contributed by atoms with Crippen LogP contribution in [0.3, 0.4) is 0 Å². The van der Waals surface area contributed by atoms with Crippen LogP contribution in [-0.2, 0) is 6.54 Å². The van der Waals surface area contributed by atoms with E-state index in [0.717, 1.165) is 35.9 Å². The number of carboxylic acids is 1. The molecule has 0 saturated heterocycles. The van der Waals surface area contributed by atoms with E-state index in [9.17, 15) is 9.90 Å². The van der Waals surface area contributed by atoms with Crippen LogP contribution in [0.5, 0.6) is 0 Å². The number of fused-ring (bicyclic) bond motifs is 1. The number of aromatic nitrogens is 1. The molecule has 1 heterocycles. The van der Waals surface area contributed by atoms with Gasteiger partial charge in [-0.2, -0.15) is 0 Å². The van der Waals surface area contributed by atoms with Crippen molar-refractivity contribution in [3.8, 4) is 0 Å². The summed E-state index contributed by atoms with van der Waals surface area (Å²) in [5.41, 5.74) is 2.15. The maximum Gasteiger partial charge on any atom is 0.337 e. The van der Waals surface area contributed by atoms with Crippen molar-refractivity contribution < 1.29 is 9.90 Å². The SMILES string of the molecule is CCCCn1cc(C(=O)O)c2cc(C)c(Cl)cc21. The number of halogens is 1. The van der Waals surface area contributed by atoms with Crippen LogP contribution in [0.15, 0.2) is 18.3 Å². The Labute approximate surface area is 111 Å². The number of hydrogen-bond acceptors (Lipinski definition) is 1. The van der Waals surface area contributed by atoms with E-state index in [1.165, 1.54) is 0 Å². The van der Waals surface area contributed by atoms with Gasteiger partial charge >= 0.3 is 5.97 Å². The number of unbranched alkanes of at least 4 members (excludes halogenated alkanes) is 1. The van der Waals surface area contributed by atoms with Crippen LogP contribution in [0.25, 0.3) is 10.9 Å². The third-order valence-corrected chi connectivity index (χ3v) is 3.55. The number of carboxylic acid groups (broad SMARTS) is 1. The maximum atomic E-state index is 11.3. The van der Waals surface area contributed by atoms with Crippen molar-refractivity contribution in [3.05, 3.63) is 34.5 Å². The summed E-state index contributed by atoms with van der Waals surface area (Å²) < 4.78 is 1.98. The summed E-state index contributed by atoms with van der Waals surface area (Å²) >= 11 is 6.12. The van der Waals surface area contributed by atoms with Gasteiger partial charge < -0.3 is 9.67 Å². The average Bonchev–Trinajstić information content (AvgIpc) is 2.66. The molecule has 0 aliphatic heterocycles. The zero-order valence-electron chi connectivity index (χ0n) is 10.5. The molecule has 0 radical (unpaired) electrons. The standard InChI is InChI=1S/C14H16ClNO2/c1-3-4-5-16-8-11(14(17)18)10-6-9(2)12(15)7-13(10)16/h6-8H,3-5H2,1-2H3,(H,17,18). The molecule has 0 amide bonds. The molecule has 0 saturated carbocycles. The van der Waals surface area contributed by atoms with Gasteiger partial charge in [0.15, 0.2) is 0 Å². The lowest BCUT2D eigenvalue weighted by Gasteiger charge is -2.05. The first-order valence-electron chi connectivity index (χ1n) is 6.07. The molecule has 0 spiro atoms. The van der Waals surface area contributed by atoms with Crippen molar-refractivity contribution in [2.24, 2.45) is 0 Å². The van der Waals surface area contributed by atoms with Crippen LogP contribution in [0.2, 0.25) is 5.02 Å². The van der Waals surface area contributed by atoms with Crippen molar-refractivity contribution in [2.75, 3.05) is 0 Å². The van der Waals surface area contributed by atoms with Gasteiger partial charge in [-0.15, -0.1) is 0 Å². The molecule has 18 heavy (non-hydrogen) atoms. The number of rotatable bonds is 4. The molecule has 0 fully saturated rings. The third-order valence-electron chi connectivity index (χ3n) is 3.14. The predicted octanol–water partition coefficient (Wildman–Crippen LogP) is 4.10. The summed E-state index contributed by atoms with van der Waals surface area (Å²) in [6.07, 6.45) is 3.80. The lowest BCUT2D eigenvalue weighted by atomic mass is 10.1. The predicted molar refractivity (Wildman–Crippen MR) is 73.6 cm³/mol. The molecular formula is C14H16ClNO2. The highest BCUT2D eigenvalue weighted by Crippen LogP contribution is 2.28. The van der Waals surface area contributed by atoms with Gasteiger partial charge in [0.2, 0.25) is 0 Å². The van der Waals surface area contributed by atoms with E-state index >= 15 is 0 Å². The van der Waals surface area contributed by atoms with Crippen molar-refractivity contribution >= 4 is 28.5 Å². The van der Waals surface area contributed by atoms with Crippen LogP contribution in [0.1, 0.15) is 35.7 Å². The molecule has 1 N–H and O–H groups in total. The molecule has 0 aliphatic rings. The lowest BCUT2D eigenvalue weighted by Crippen LogP contribution is -1.96. The van der Waals surface area contributed by atoms with Crippen LogP contribution in [0, 0.1) is 6.92 Å². The Bertz CT molecular complexity index is 601. The minimum absolute atomic E-state index is 0.348. The van der Waals surface area contributed by atoms with E-state index in [4.69, 9.17) is 11.6 Å². The highest BCUT2D eigenvalue weighted by atomic mass is 35.5. The number of aromatic carboxylic acids is 1. The number of carbonyl (C=O) groups is 1. The lowest BCUT2D eigenvalue weighted by molar-refractivity contribution is 0.0699. The number of hydrogen-bond donors (Lipinski definition) is 1. The van der Waals surface area contributed by atoms with E-state index in [0.29, 0.717) is 10.6 Å². The fraction of sp³-hybridized carbons (Fsp3) is 0.357. The van der Waals surface area contributed by atoms with Gasteiger partial charge in [0.05, 0.1) is 11.1 Å². The van der Waals surface area contributed by atoms with Gasteiger partial charge in [0.25, 0.3) is 0 Å². The van der Waals surface area contributed by atoms with E-state index in [1.54, 1.807) is 6.20 Å². The van der Waals surface area contributed by atoms with Gasteiger partial charge in [0.1, 0.15) is 0 Å². The smallest absolute Gasteiger partial charge is 0.337 e. The largest absolute Gasteiger partial charge is 0.478 e. The summed E-state index contributed by atoms with van der Waals surface area (Å²) in [5.74, 6) is -0.892. The van der Waals surface area contributed by atoms with Crippen LogP contribution in [-0.4, -0.2) is 15.6 Å². The normalized spacial score (nSPS) is 11.1. The highest BCUT2D eigenvalue weighted by Gasteiger charge is 2.15. The monoisotopic (exact) mass is 265 g/mol. The van der Waals surface area contributed by atoms with E-state index < -0.39 is 5.97 Å². The van der Waals surface area contributed by atoms with Crippen LogP contribution >= 0.6 is 11.6 Å². The first-order valence-corrected chi connectivity index (χ1v) is 6.44. The molecule has 2 aromatic rings. The van der Waals surface area contributed by atoms with E-state index in [-0.39, 0.29) is 0 Å². The van der Waals surface area contributed by atoms with Crippen LogP contribution < -0.4 is 0 Å². The Balaban J connectivity index is 2.64. The second-order valence-corrected chi connectivity index (χ2v) is 4.92. The maximum absolute atomic E-state index is 11.3. The Morgan fingerprint density at radius 3 is 2.78 bits per heavy atom. The first-order chi connectivity index (χ1) is 8.54. The Morgan fingerprint density at radius 1 is 1.44 bits per heavy atom. The van der Waals surface area contributed by atoms with Crippen molar-refractivity contribution in [1.82, 2.24) is 4.57 Å². The zero-order chi connectivity index (χ0) is 13.3. The summed E-state index contributed by atoms with van der Waals surface area (Å²) in [5, 5.41) is 10.7. The van der Waals surface area contributed by atoms with E-state index in [1.807, 2.05) is 23.6 Å². The summed E-state index contributed by atoms with van der Waals surface area (Å²) in [4.78, 5) is 11.3. The molecule has 0 atom stereocenters. The fourth-order valence-corrected chi connectivity index (χ4v) is 2.26. The van der Waals surface area contributed by atoms with E-state index in [2.05, 4.69) is 6.92 Å².